The molecule has 2 aromatic carbocycles. The first-order valence-corrected chi connectivity index (χ1v) is 5.93. The molecule has 0 amide bonds. The normalized spacial score (nSPS) is 11.4. The zero-order valence-corrected chi connectivity index (χ0v) is 10.8. The number of nitro benzene ring substituents is 1. The van der Waals surface area contributed by atoms with Crippen LogP contribution in [0.4, 0.5) is 10.1 Å². The number of nitrogens with zero attached hydrogens (tertiary/aromatic N) is 2. The van der Waals surface area contributed by atoms with Crippen LogP contribution in [0.5, 0.6) is 0 Å². The van der Waals surface area contributed by atoms with Gasteiger partial charge in [0.2, 0.25) is 0 Å². The van der Waals surface area contributed by atoms with Crippen molar-refractivity contribution in [2.24, 2.45) is 5.73 Å². The number of nitriles is 1. The molecule has 0 fully saturated rings. The van der Waals surface area contributed by atoms with Crippen LogP contribution in [-0.4, -0.2) is 4.92 Å². The molecule has 0 aromatic heterocycles. The topological polar surface area (TPSA) is 93.0 Å². The fourth-order valence-corrected chi connectivity index (χ4v) is 1.86. The van der Waals surface area contributed by atoms with E-state index in [4.69, 9.17) is 5.73 Å². The number of non-ortho nitro benzene ring substituents is 1. The van der Waals surface area contributed by atoms with Crippen molar-refractivity contribution in [2.45, 2.75) is 0 Å². The minimum Gasteiger partial charge on any atom is -0.397 e. The lowest BCUT2D eigenvalue weighted by Gasteiger charge is -2.06. The fraction of sp³-hybridized carbons (Fsp3) is 0. The summed E-state index contributed by atoms with van der Waals surface area (Å²) >= 11 is 0. The lowest BCUT2D eigenvalue weighted by molar-refractivity contribution is -0.385. The molecule has 0 aliphatic rings. The molecule has 104 valence electrons. The van der Waals surface area contributed by atoms with Crippen LogP contribution in [-0.2, 0) is 0 Å². The van der Waals surface area contributed by atoms with Gasteiger partial charge in [-0.1, -0.05) is 30.3 Å². The average molecular weight is 283 g/mol. The van der Waals surface area contributed by atoms with Gasteiger partial charge >= 0.3 is 0 Å². The van der Waals surface area contributed by atoms with E-state index in [1.807, 2.05) is 6.07 Å². The van der Waals surface area contributed by atoms with E-state index in [0.29, 0.717) is 5.56 Å². The molecule has 0 saturated carbocycles. The van der Waals surface area contributed by atoms with Crippen molar-refractivity contribution in [1.29, 1.82) is 5.26 Å². The largest absolute Gasteiger partial charge is 0.397 e. The Kier molecular flexibility index (Phi) is 3.95. The Bertz CT molecular complexity index is 764. The Morgan fingerprint density at radius 1 is 1.19 bits per heavy atom. The van der Waals surface area contributed by atoms with Crippen LogP contribution in [0.2, 0.25) is 0 Å². The fourth-order valence-electron chi connectivity index (χ4n) is 1.86. The Hall–Kier alpha value is -3.20. The lowest BCUT2D eigenvalue weighted by Crippen LogP contribution is -2.02. The zero-order chi connectivity index (χ0) is 15.4. The van der Waals surface area contributed by atoms with E-state index in [2.05, 4.69) is 0 Å². The highest BCUT2D eigenvalue weighted by Crippen LogP contribution is 2.25. The van der Waals surface area contributed by atoms with E-state index in [0.717, 1.165) is 18.2 Å². The number of rotatable bonds is 3. The quantitative estimate of drug-likeness (QED) is 0.405. The number of nitro groups is 1. The van der Waals surface area contributed by atoms with Crippen LogP contribution in [0.1, 0.15) is 11.1 Å². The summed E-state index contributed by atoms with van der Waals surface area (Å²) in [5, 5.41) is 20.0. The molecule has 0 aliphatic heterocycles. The summed E-state index contributed by atoms with van der Waals surface area (Å²) in [5.41, 5.74) is 6.25. The second kappa shape index (κ2) is 5.84. The molecular weight excluding hydrogens is 273 g/mol. The molecule has 0 aliphatic carbocycles. The van der Waals surface area contributed by atoms with E-state index in [1.54, 1.807) is 30.3 Å². The predicted molar refractivity (Wildman–Crippen MR) is 76.1 cm³/mol. The molecular formula is C15H10FN3O2. The monoisotopic (exact) mass is 283 g/mol. The van der Waals surface area contributed by atoms with Gasteiger partial charge in [0.05, 0.1) is 22.3 Å². The summed E-state index contributed by atoms with van der Waals surface area (Å²) in [6, 6.07) is 13.5. The van der Waals surface area contributed by atoms with E-state index in [1.165, 1.54) is 0 Å². The minimum absolute atomic E-state index is 0.00806. The number of nitrogens with two attached hydrogens (primary N) is 1. The molecule has 2 N–H and O–H groups in total. The molecule has 0 atom stereocenters. The highest BCUT2D eigenvalue weighted by molar-refractivity contribution is 5.96. The zero-order valence-electron chi connectivity index (χ0n) is 10.8. The minimum atomic E-state index is -0.785. The lowest BCUT2D eigenvalue weighted by atomic mass is 10.0. The molecule has 0 unspecified atom stereocenters. The molecule has 0 radical (unpaired) electrons. The molecule has 2 rings (SSSR count). The van der Waals surface area contributed by atoms with Crippen molar-refractivity contribution < 1.29 is 9.31 Å². The third-order valence-electron chi connectivity index (χ3n) is 2.85. The molecule has 2 aromatic rings. The summed E-state index contributed by atoms with van der Waals surface area (Å²) in [6.07, 6.45) is 0. The van der Waals surface area contributed by atoms with E-state index in [-0.39, 0.29) is 16.8 Å². The van der Waals surface area contributed by atoms with E-state index < -0.39 is 16.4 Å². The second-order valence-electron chi connectivity index (χ2n) is 4.22. The second-order valence-corrected chi connectivity index (χ2v) is 4.22. The van der Waals surface area contributed by atoms with Gasteiger partial charge in [0.15, 0.2) is 0 Å². The Labute approximate surface area is 119 Å². The van der Waals surface area contributed by atoms with Crippen molar-refractivity contribution >= 4 is 17.0 Å². The van der Waals surface area contributed by atoms with Crippen molar-refractivity contribution in [3.05, 3.63) is 75.6 Å². The third kappa shape index (κ3) is 3.04. The first kappa shape index (κ1) is 14.2. The van der Waals surface area contributed by atoms with Gasteiger partial charge in [-0.15, -0.1) is 0 Å². The van der Waals surface area contributed by atoms with Crippen molar-refractivity contribution in [3.8, 4) is 6.07 Å². The van der Waals surface area contributed by atoms with Gasteiger partial charge < -0.3 is 5.73 Å². The van der Waals surface area contributed by atoms with Crippen LogP contribution in [0.15, 0.2) is 48.5 Å². The number of benzene rings is 2. The maximum absolute atomic E-state index is 13.5. The smallest absolute Gasteiger partial charge is 0.273 e. The summed E-state index contributed by atoms with van der Waals surface area (Å²) in [4.78, 5) is 10.0. The average Bonchev–Trinajstić information content (AvgIpc) is 2.48. The molecule has 21 heavy (non-hydrogen) atoms. The molecule has 0 heterocycles. The number of allylic oxidation sites excluding steroid dienone is 1. The number of halogens is 1. The van der Waals surface area contributed by atoms with Gasteiger partial charge in [-0.05, 0) is 11.6 Å². The third-order valence-corrected chi connectivity index (χ3v) is 2.85. The molecule has 0 spiro atoms. The summed E-state index contributed by atoms with van der Waals surface area (Å²) in [7, 11) is 0. The summed E-state index contributed by atoms with van der Waals surface area (Å²) in [6.45, 7) is 0. The van der Waals surface area contributed by atoms with E-state index in [9.17, 15) is 19.8 Å². The van der Waals surface area contributed by atoms with Crippen LogP contribution in [0.25, 0.3) is 11.3 Å². The summed E-state index contributed by atoms with van der Waals surface area (Å²) in [5.74, 6) is -0.785. The first-order valence-electron chi connectivity index (χ1n) is 5.93. The van der Waals surface area contributed by atoms with Gasteiger partial charge in [-0.2, -0.15) is 5.26 Å². The van der Waals surface area contributed by atoms with Crippen LogP contribution < -0.4 is 5.73 Å². The van der Waals surface area contributed by atoms with Gasteiger partial charge in [0, 0.05) is 11.6 Å². The van der Waals surface area contributed by atoms with Gasteiger partial charge in [-0.25, -0.2) is 4.39 Å². The Morgan fingerprint density at radius 2 is 1.86 bits per heavy atom. The molecule has 0 saturated heterocycles. The molecule has 5 nitrogen and oxygen atoms in total. The van der Waals surface area contributed by atoms with E-state index >= 15 is 0 Å². The van der Waals surface area contributed by atoms with Crippen LogP contribution in [0, 0.1) is 27.3 Å². The highest BCUT2D eigenvalue weighted by atomic mass is 19.1. The van der Waals surface area contributed by atoms with Crippen LogP contribution >= 0.6 is 0 Å². The maximum Gasteiger partial charge on any atom is 0.273 e. The first-order chi connectivity index (χ1) is 10.0. The predicted octanol–water partition coefficient (Wildman–Crippen LogP) is 3.08. The Morgan fingerprint density at radius 3 is 2.43 bits per heavy atom. The molecule has 6 heteroatoms. The van der Waals surface area contributed by atoms with Gasteiger partial charge in [0.1, 0.15) is 11.9 Å². The SMILES string of the molecule is N#C/C(=C(/N)c1cc(F)cc([N+](=O)[O-])c1)c1ccccc1. The summed E-state index contributed by atoms with van der Waals surface area (Å²) < 4.78 is 13.5. The van der Waals surface area contributed by atoms with Crippen molar-refractivity contribution in [3.63, 3.8) is 0 Å². The number of hydrogen-bond donors (Lipinski definition) is 1. The highest BCUT2D eigenvalue weighted by Gasteiger charge is 2.14. The Balaban J connectivity index is 2.61. The maximum atomic E-state index is 13.5. The molecule has 0 bridgehead atoms. The van der Waals surface area contributed by atoms with Crippen LogP contribution in [0.3, 0.4) is 0 Å². The van der Waals surface area contributed by atoms with Gasteiger partial charge in [-0.3, -0.25) is 10.1 Å². The van der Waals surface area contributed by atoms with Crippen molar-refractivity contribution in [1.82, 2.24) is 0 Å². The van der Waals surface area contributed by atoms with Crippen molar-refractivity contribution in [2.75, 3.05) is 0 Å². The standard InChI is InChI=1S/C15H10FN3O2/c16-12-6-11(7-13(8-12)19(20)21)15(18)14(9-17)10-4-2-1-3-5-10/h1-8H,18H2/b15-14-. The van der Waals surface area contributed by atoms with Gasteiger partial charge in [0.25, 0.3) is 5.69 Å². The number of hydrogen-bond acceptors (Lipinski definition) is 4.